The lowest BCUT2D eigenvalue weighted by atomic mass is 10.1. The van der Waals surface area contributed by atoms with E-state index in [-0.39, 0.29) is 11.8 Å². The number of amides is 1. The number of benzene rings is 2. The van der Waals surface area contributed by atoms with Gasteiger partial charge >= 0.3 is 0 Å². The Kier molecular flexibility index (Phi) is 4.02. The zero-order valence-corrected chi connectivity index (χ0v) is 12.4. The summed E-state index contributed by atoms with van der Waals surface area (Å²) in [6.07, 6.45) is 2.32. The van der Waals surface area contributed by atoms with Crippen LogP contribution in [0.5, 0.6) is 0 Å². The van der Waals surface area contributed by atoms with Crippen molar-refractivity contribution in [1.82, 2.24) is 5.43 Å². The standard InChI is InChI=1S/C18H18N2O2/c1-22-18(15-10-6-3-7-11-15)12-16(18)17(21)20-19-13-14-8-4-2-5-9-14/h2-11,13,16H,12H2,1H3,(H,20,21)/t16-,18+/m0/s1. The second kappa shape index (κ2) is 6.12. The number of carbonyl (C=O) groups excluding carboxylic acids is 1. The molecule has 1 N–H and O–H groups in total. The Labute approximate surface area is 129 Å². The summed E-state index contributed by atoms with van der Waals surface area (Å²) in [5.41, 5.74) is 4.07. The Bertz CT molecular complexity index is 670. The van der Waals surface area contributed by atoms with Gasteiger partial charge in [0.05, 0.1) is 12.1 Å². The van der Waals surface area contributed by atoms with Gasteiger partial charge in [-0.15, -0.1) is 0 Å². The predicted octanol–water partition coefficient (Wildman–Crippen LogP) is 2.70. The van der Waals surface area contributed by atoms with Gasteiger partial charge < -0.3 is 4.74 Å². The molecular weight excluding hydrogens is 276 g/mol. The maximum Gasteiger partial charge on any atom is 0.246 e. The van der Waals surface area contributed by atoms with E-state index in [1.807, 2.05) is 60.7 Å². The third-order valence-electron chi connectivity index (χ3n) is 4.04. The average molecular weight is 294 g/mol. The largest absolute Gasteiger partial charge is 0.373 e. The molecule has 1 saturated carbocycles. The quantitative estimate of drug-likeness (QED) is 0.681. The molecule has 0 saturated heterocycles. The minimum atomic E-state index is -0.506. The molecule has 2 aromatic carbocycles. The van der Waals surface area contributed by atoms with Crippen molar-refractivity contribution in [1.29, 1.82) is 0 Å². The lowest BCUT2D eigenvalue weighted by molar-refractivity contribution is -0.124. The fourth-order valence-electron chi connectivity index (χ4n) is 2.72. The van der Waals surface area contributed by atoms with E-state index in [1.165, 1.54) is 0 Å². The molecular formula is C18H18N2O2. The Balaban J connectivity index is 1.64. The molecule has 3 rings (SSSR count). The van der Waals surface area contributed by atoms with Crippen LogP contribution in [0.15, 0.2) is 65.8 Å². The molecule has 2 atom stereocenters. The summed E-state index contributed by atoms with van der Waals surface area (Å²) in [5.74, 6) is -0.314. The highest BCUT2D eigenvalue weighted by Crippen LogP contribution is 2.54. The Hall–Kier alpha value is -2.46. The van der Waals surface area contributed by atoms with E-state index < -0.39 is 5.60 Å². The Morgan fingerprint density at radius 3 is 2.45 bits per heavy atom. The van der Waals surface area contributed by atoms with Gasteiger partial charge in [0.25, 0.3) is 0 Å². The fourth-order valence-corrected chi connectivity index (χ4v) is 2.72. The zero-order valence-electron chi connectivity index (χ0n) is 12.4. The van der Waals surface area contributed by atoms with Crippen molar-refractivity contribution >= 4 is 12.1 Å². The SMILES string of the molecule is CO[C@@]1(c2ccccc2)C[C@H]1C(=O)NN=Cc1ccccc1. The van der Waals surface area contributed by atoms with Crippen LogP contribution in [0, 0.1) is 5.92 Å². The van der Waals surface area contributed by atoms with Crippen LogP contribution in [0.4, 0.5) is 0 Å². The van der Waals surface area contributed by atoms with E-state index in [0.29, 0.717) is 6.42 Å². The molecule has 0 heterocycles. The Morgan fingerprint density at radius 1 is 1.18 bits per heavy atom. The van der Waals surface area contributed by atoms with Gasteiger partial charge in [-0.3, -0.25) is 4.79 Å². The lowest BCUT2D eigenvalue weighted by Gasteiger charge is -2.15. The van der Waals surface area contributed by atoms with Crippen LogP contribution in [0.2, 0.25) is 0 Å². The second-order valence-corrected chi connectivity index (χ2v) is 5.36. The van der Waals surface area contributed by atoms with E-state index >= 15 is 0 Å². The number of ether oxygens (including phenoxy) is 1. The van der Waals surface area contributed by atoms with Gasteiger partial charge in [-0.05, 0) is 17.5 Å². The van der Waals surface area contributed by atoms with E-state index in [9.17, 15) is 4.79 Å². The lowest BCUT2D eigenvalue weighted by Crippen LogP contribution is -2.25. The number of nitrogens with one attached hydrogen (secondary N) is 1. The van der Waals surface area contributed by atoms with Gasteiger partial charge in [0.2, 0.25) is 5.91 Å². The van der Waals surface area contributed by atoms with Crippen molar-refractivity contribution in [3.8, 4) is 0 Å². The smallest absolute Gasteiger partial charge is 0.246 e. The molecule has 4 nitrogen and oxygen atoms in total. The molecule has 1 amide bonds. The number of nitrogens with zero attached hydrogens (tertiary/aromatic N) is 1. The number of hydrazone groups is 1. The van der Waals surface area contributed by atoms with Gasteiger partial charge in [0.1, 0.15) is 5.60 Å². The van der Waals surface area contributed by atoms with Crippen LogP contribution in [0.25, 0.3) is 0 Å². The number of methoxy groups -OCH3 is 1. The van der Waals surface area contributed by atoms with Crippen LogP contribution >= 0.6 is 0 Å². The third-order valence-corrected chi connectivity index (χ3v) is 4.04. The summed E-state index contributed by atoms with van der Waals surface area (Å²) in [4.78, 5) is 12.2. The molecule has 1 aliphatic rings. The van der Waals surface area contributed by atoms with Crippen molar-refractivity contribution < 1.29 is 9.53 Å². The Morgan fingerprint density at radius 2 is 1.82 bits per heavy atom. The van der Waals surface area contributed by atoms with Crippen LogP contribution in [0.1, 0.15) is 17.5 Å². The highest BCUT2D eigenvalue weighted by Gasteiger charge is 2.60. The fraction of sp³-hybridized carbons (Fsp3) is 0.222. The molecule has 22 heavy (non-hydrogen) atoms. The first kappa shape index (κ1) is 14.5. The number of carbonyl (C=O) groups is 1. The predicted molar refractivity (Wildman–Crippen MR) is 85.4 cm³/mol. The minimum absolute atomic E-state index is 0.113. The summed E-state index contributed by atoms with van der Waals surface area (Å²) in [6.45, 7) is 0. The summed E-state index contributed by atoms with van der Waals surface area (Å²) in [6, 6.07) is 19.5. The average Bonchev–Trinajstić information content (AvgIpc) is 3.33. The van der Waals surface area contributed by atoms with Gasteiger partial charge in [0, 0.05) is 7.11 Å². The topological polar surface area (TPSA) is 50.7 Å². The third kappa shape index (κ3) is 2.78. The molecule has 0 bridgehead atoms. The molecule has 0 radical (unpaired) electrons. The van der Waals surface area contributed by atoms with Crippen molar-refractivity contribution in [3.63, 3.8) is 0 Å². The molecule has 0 unspecified atom stereocenters. The van der Waals surface area contributed by atoms with Crippen LogP contribution < -0.4 is 5.43 Å². The monoisotopic (exact) mass is 294 g/mol. The maximum absolute atomic E-state index is 12.2. The minimum Gasteiger partial charge on any atom is -0.373 e. The van der Waals surface area contributed by atoms with Crippen molar-refractivity contribution in [2.24, 2.45) is 11.0 Å². The van der Waals surface area contributed by atoms with E-state index in [0.717, 1.165) is 11.1 Å². The first-order valence-corrected chi connectivity index (χ1v) is 7.25. The molecule has 1 aliphatic carbocycles. The van der Waals surface area contributed by atoms with Crippen LogP contribution in [-0.2, 0) is 15.1 Å². The first-order chi connectivity index (χ1) is 10.8. The molecule has 0 aliphatic heterocycles. The van der Waals surface area contributed by atoms with Gasteiger partial charge in [-0.2, -0.15) is 5.10 Å². The maximum atomic E-state index is 12.2. The molecule has 1 fully saturated rings. The molecule has 4 heteroatoms. The van der Waals surface area contributed by atoms with Crippen molar-refractivity contribution in [3.05, 3.63) is 71.8 Å². The van der Waals surface area contributed by atoms with Crippen LogP contribution in [0.3, 0.4) is 0 Å². The summed E-state index contributed by atoms with van der Waals surface area (Å²) >= 11 is 0. The van der Waals surface area contributed by atoms with Gasteiger partial charge in [0.15, 0.2) is 0 Å². The number of hydrogen-bond acceptors (Lipinski definition) is 3. The number of rotatable bonds is 5. The normalized spacial score (nSPS) is 23.4. The first-order valence-electron chi connectivity index (χ1n) is 7.25. The molecule has 112 valence electrons. The van der Waals surface area contributed by atoms with Crippen molar-refractivity contribution in [2.75, 3.05) is 7.11 Å². The highest BCUT2D eigenvalue weighted by atomic mass is 16.5. The highest BCUT2D eigenvalue weighted by molar-refractivity contribution is 5.86. The molecule has 0 aromatic heterocycles. The van der Waals surface area contributed by atoms with E-state index in [4.69, 9.17) is 4.74 Å². The summed E-state index contributed by atoms with van der Waals surface area (Å²) < 4.78 is 5.62. The summed E-state index contributed by atoms with van der Waals surface area (Å²) in [5, 5.41) is 4.02. The second-order valence-electron chi connectivity index (χ2n) is 5.36. The van der Waals surface area contributed by atoms with E-state index in [1.54, 1.807) is 13.3 Å². The number of hydrogen-bond donors (Lipinski definition) is 1. The van der Waals surface area contributed by atoms with E-state index in [2.05, 4.69) is 10.5 Å². The van der Waals surface area contributed by atoms with Crippen molar-refractivity contribution in [2.45, 2.75) is 12.0 Å². The summed E-state index contributed by atoms with van der Waals surface area (Å²) in [7, 11) is 1.65. The molecule has 2 aromatic rings. The van der Waals surface area contributed by atoms with Gasteiger partial charge in [-0.25, -0.2) is 5.43 Å². The van der Waals surface area contributed by atoms with Gasteiger partial charge in [-0.1, -0.05) is 60.7 Å². The molecule has 0 spiro atoms. The van der Waals surface area contributed by atoms with Crippen LogP contribution in [-0.4, -0.2) is 19.2 Å². The zero-order chi connectivity index (χ0) is 15.4.